The Hall–Kier alpha value is -0.980. The van der Waals surface area contributed by atoms with Gasteiger partial charge in [0.25, 0.3) is 0 Å². The molecule has 0 aliphatic rings. The third-order valence-corrected chi connectivity index (χ3v) is 4.37. The first-order valence-corrected chi connectivity index (χ1v) is 7.13. The van der Waals surface area contributed by atoms with Gasteiger partial charge in [0, 0.05) is 17.9 Å². The first kappa shape index (κ1) is 12.5. The van der Waals surface area contributed by atoms with Gasteiger partial charge >= 0.3 is 0 Å². The normalized spacial score (nSPS) is 10.7. The van der Waals surface area contributed by atoms with Crippen molar-refractivity contribution in [2.24, 2.45) is 0 Å². The van der Waals surface area contributed by atoms with Gasteiger partial charge in [0.2, 0.25) is 0 Å². The second-order valence-corrected chi connectivity index (χ2v) is 5.53. The van der Waals surface area contributed by atoms with E-state index in [4.69, 9.17) is 4.74 Å². The number of thiophene rings is 1. The van der Waals surface area contributed by atoms with Crippen molar-refractivity contribution in [2.75, 3.05) is 20.7 Å². The van der Waals surface area contributed by atoms with Gasteiger partial charge in [-0.1, -0.05) is 11.3 Å². The summed E-state index contributed by atoms with van der Waals surface area (Å²) < 4.78 is 5.16. The molecule has 0 fully saturated rings. The summed E-state index contributed by atoms with van der Waals surface area (Å²) in [7, 11) is 3.64. The number of ether oxygens (including phenoxy) is 1. The minimum Gasteiger partial charge on any atom is -0.496 e. The highest BCUT2D eigenvalue weighted by Gasteiger charge is 2.09. The predicted molar refractivity (Wildman–Crippen MR) is 72.0 cm³/mol. The molecule has 0 saturated heterocycles. The standard InChI is InChI=1S/C11H15N3OS2/c1-12-5-3-4-10-13-14-11(17-10)9-6-8(15-2)7-16-9/h6-7,12H,3-5H2,1-2H3. The van der Waals surface area contributed by atoms with Gasteiger partial charge in [0.15, 0.2) is 5.01 Å². The van der Waals surface area contributed by atoms with Crippen molar-refractivity contribution in [3.63, 3.8) is 0 Å². The van der Waals surface area contributed by atoms with E-state index in [1.54, 1.807) is 29.8 Å². The lowest BCUT2D eigenvalue weighted by Gasteiger charge is -1.94. The maximum atomic E-state index is 5.16. The van der Waals surface area contributed by atoms with E-state index in [-0.39, 0.29) is 0 Å². The van der Waals surface area contributed by atoms with Crippen LogP contribution in [-0.2, 0) is 6.42 Å². The van der Waals surface area contributed by atoms with Crippen molar-refractivity contribution in [1.82, 2.24) is 15.5 Å². The molecule has 0 bridgehead atoms. The molecule has 0 radical (unpaired) electrons. The highest BCUT2D eigenvalue weighted by atomic mass is 32.1. The number of hydrogen-bond acceptors (Lipinski definition) is 6. The topological polar surface area (TPSA) is 47.0 Å². The summed E-state index contributed by atoms with van der Waals surface area (Å²) in [4.78, 5) is 1.12. The van der Waals surface area contributed by atoms with Crippen molar-refractivity contribution in [3.8, 4) is 15.6 Å². The molecular formula is C11H15N3OS2. The smallest absolute Gasteiger partial charge is 0.157 e. The van der Waals surface area contributed by atoms with Crippen LogP contribution in [-0.4, -0.2) is 30.9 Å². The summed E-state index contributed by atoms with van der Waals surface area (Å²) >= 11 is 3.30. The Bertz CT molecular complexity index is 467. The molecular weight excluding hydrogens is 254 g/mol. The quantitative estimate of drug-likeness (QED) is 0.818. The van der Waals surface area contributed by atoms with Crippen LogP contribution in [0.2, 0.25) is 0 Å². The minimum absolute atomic E-state index is 0.886. The van der Waals surface area contributed by atoms with Crippen LogP contribution in [0, 0.1) is 0 Å². The zero-order chi connectivity index (χ0) is 12.1. The molecule has 0 aromatic carbocycles. The summed E-state index contributed by atoms with van der Waals surface area (Å²) in [5.74, 6) is 0.886. The van der Waals surface area contributed by atoms with Gasteiger partial charge in [-0.25, -0.2) is 0 Å². The third-order valence-electron chi connectivity index (χ3n) is 2.31. The van der Waals surface area contributed by atoms with Gasteiger partial charge in [0.1, 0.15) is 10.8 Å². The average molecular weight is 269 g/mol. The van der Waals surface area contributed by atoms with E-state index in [1.165, 1.54) is 0 Å². The second kappa shape index (κ2) is 6.09. The summed E-state index contributed by atoms with van der Waals surface area (Å²) in [6.07, 6.45) is 2.08. The van der Waals surface area contributed by atoms with Gasteiger partial charge in [-0.15, -0.1) is 21.5 Å². The van der Waals surface area contributed by atoms with Gasteiger partial charge in [-0.05, 0) is 20.0 Å². The van der Waals surface area contributed by atoms with E-state index in [2.05, 4.69) is 15.5 Å². The Kier molecular flexibility index (Phi) is 4.47. The number of aryl methyl sites for hydroxylation is 1. The molecule has 6 heteroatoms. The summed E-state index contributed by atoms with van der Waals surface area (Å²) in [5.41, 5.74) is 0. The predicted octanol–water partition coefficient (Wildman–Crippen LogP) is 2.43. The second-order valence-electron chi connectivity index (χ2n) is 3.56. The van der Waals surface area contributed by atoms with Crippen LogP contribution < -0.4 is 10.1 Å². The van der Waals surface area contributed by atoms with Crippen LogP contribution in [0.4, 0.5) is 0 Å². The number of rotatable bonds is 6. The van der Waals surface area contributed by atoms with Crippen LogP contribution >= 0.6 is 22.7 Å². The SMILES string of the molecule is CNCCCc1nnc(-c2cc(OC)cs2)s1. The lowest BCUT2D eigenvalue weighted by Crippen LogP contribution is -2.08. The molecule has 0 amide bonds. The van der Waals surface area contributed by atoms with Crippen molar-refractivity contribution in [3.05, 3.63) is 16.5 Å². The highest BCUT2D eigenvalue weighted by Crippen LogP contribution is 2.32. The first-order chi connectivity index (χ1) is 8.33. The van der Waals surface area contributed by atoms with E-state index in [0.29, 0.717) is 0 Å². The number of methoxy groups -OCH3 is 1. The molecule has 0 unspecified atom stereocenters. The maximum Gasteiger partial charge on any atom is 0.157 e. The Labute approximate surface area is 109 Å². The Morgan fingerprint density at radius 3 is 3.00 bits per heavy atom. The molecule has 0 atom stereocenters. The number of nitrogens with one attached hydrogen (secondary N) is 1. The molecule has 92 valence electrons. The van der Waals surface area contributed by atoms with E-state index < -0.39 is 0 Å². The van der Waals surface area contributed by atoms with Crippen LogP contribution in [0.3, 0.4) is 0 Å². The molecule has 2 aromatic rings. The fourth-order valence-corrected chi connectivity index (χ4v) is 3.20. The fraction of sp³-hybridized carbons (Fsp3) is 0.455. The van der Waals surface area contributed by atoms with Crippen LogP contribution in [0.15, 0.2) is 11.4 Å². The van der Waals surface area contributed by atoms with E-state index in [0.717, 1.165) is 40.0 Å². The lowest BCUT2D eigenvalue weighted by atomic mass is 10.3. The maximum absolute atomic E-state index is 5.16. The molecule has 1 N–H and O–H groups in total. The monoisotopic (exact) mass is 269 g/mol. The van der Waals surface area contributed by atoms with E-state index in [1.807, 2.05) is 18.5 Å². The molecule has 0 saturated carbocycles. The molecule has 0 aliphatic heterocycles. The van der Waals surface area contributed by atoms with Crippen molar-refractivity contribution in [1.29, 1.82) is 0 Å². The molecule has 2 aromatic heterocycles. The summed E-state index contributed by atoms with van der Waals surface area (Å²) in [6, 6.07) is 2.00. The van der Waals surface area contributed by atoms with Gasteiger partial charge < -0.3 is 10.1 Å². The van der Waals surface area contributed by atoms with Crippen molar-refractivity contribution < 1.29 is 4.74 Å². The van der Waals surface area contributed by atoms with Crippen molar-refractivity contribution in [2.45, 2.75) is 12.8 Å². The zero-order valence-electron chi connectivity index (χ0n) is 9.90. The summed E-state index contributed by atoms with van der Waals surface area (Å²) in [6.45, 7) is 1.02. The number of hydrogen-bond donors (Lipinski definition) is 1. The average Bonchev–Trinajstić information content (AvgIpc) is 2.97. The molecule has 17 heavy (non-hydrogen) atoms. The van der Waals surface area contributed by atoms with Crippen LogP contribution in [0.5, 0.6) is 5.75 Å². The van der Waals surface area contributed by atoms with E-state index in [9.17, 15) is 0 Å². The van der Waals surface area contributed by atoms with Crippen LogP contribution in [0.1, 0.15) is 11.4 Å². The van der Waals surface area contributed by atoms with E-state index >= 15 is 0 Å². The Morgan fingerprint density at radius 2 is 2.29 bits per heavy atom. The van der Waals surface area contributed by atoms with Crippen molar-refractivity contribution >= 4 is 22.7 Å². The van der Waals surface area contributed by atoms with Gasteiger partial charge in [0.05, 0.1) is 12.0 Å². The minimum atomic E-state index is 0.886. The molecule has 2 heterocycles. The Morgan fingerprint density at radius 1 is 1.41 bits per heavy atom. The Balaban J connectivity index is 2.02. The molecule has 0 spiro atoms. The lowest BCUT2D eigenvalue weighted by molar-refractivity contribution is 0.417. The zero-order valence-corrected chi connectivity index (χ0v) is 11.5. The summed E-state index contributed by atoms with van der Waals surface area (Å²) in [5, 5.41) is 15.6. The van der Waals surface area contributed by atoms with Crippen LogP contribution in [0.25, 0.3) is 9.88 Å². The highest BCUT2D eigenvalue weighted by molar-refractivity contribution is 7.20. The number of aromatic nitrogens is 2. The van der Waals surface area contributed by atoms with Gasteiger partial charge in [-0.3, -0.25) is 0 Å². The molecule has 2 rings (SSSR count). The largest absolute Gasteiger partial charge is 0.496 e. The van der Waals surface area contributed by atoms with Gasteiger partial charge in [-0.2, -0.15) is 0 Å². The fourth-order valence-electron chi connectivity index (χ4n) is 1.41. The third kappa shape index (κ3) is 3.24. The molecule has 0 aliphatic carbocycles. The number of nitrogens with zero attached hydrogens (tertiary/aromatic N) is 2. The molecule has 4 nitrogen and oxygen atoms in total. The first-order valence-electron chi connectivity index (χ1n) is 5.43.